The van der Waals surface area contributed by atoms with Crippen molar-refractivity contribution in [3.8, 4) is 5.75 Å². The highest BCUT2D eigenvalue weighted by Gasteiger charge is 2.39. The van der Waals surface area contributed by atoms with Crippen LogP contribution in [0.25, 0.3) is 10.2 Å². The van der Waals surface area contributed by atoms with Crippen molar-refractivity contribution in [3.05, 3.63) is 62.8 Å². The number of nitrogens with one attached hydrogen (secondary N) is 3. The summed E-state index contributed by atoms with van der Waals surface area (Å²) in [5.41, 5.74) is 2.22. The molecule has 0 atom stereocenters. The van der Waals surface area contributed by atoms with E-state index < -0.39 is 35.9 Å². The van der Waals surface area contributed by atoms with E-state index in [-0.39, 0.29) is 22.6 Å². The number of alkyl halides is 6. The summed E-state index contributed by atoms with van der Waals surface area (Å²) in [7, 11) is 0. The predicted octanol–water partition coefficient (Wildman–Crippen LogP) is 5.75. The first-order valence-corrected chi connectivity index (χ1v) is 17.2. The maximum atomic E-state index is 13.4. The zero-order valence-corrected chi connectivity index (χ0v) is 29.0. The van der Waals surface area contributed by atoms with Crippen LogP contribution in [0.4, 0.5) is 35.1 Å². The number of carboxylic acids is 2. The van der Waals surface area contributed by atoms with Crippen molar-refractivity contribution in [2.75, 3.05) is 32.7 Å². The number of aromatic hydroxyl groups is 1. The molecule has 296 valence electrons. The minimum Gasteiger partial charge on any atom is -0.506 e. The van der Waals surface area contributed by atoms with E-state index in [4.69, 9.17) is 19.8 Å². The molecule has 20 heteroatoms. The van der Waals surface area contributed by atoms with Crippen LogP contribution in [0.15, 0.2) is 35.1 Å². The average Bonchev–Trinajstić information content (AvgIpc) is 3.28. The number of phenols is 1. The van der Waals surface area contributed by atoms with Crippen molar-refractivity contribution in [2.24, 2.45) is 0 Å². The summed E-state index contributed by atoms with van der Waals surface area (Å²) in [5, 5.41) is 31.0. The molecule has 1 amide bonds. The number of amides is 1. The number of carboxylic acid groups (broad SMARTS) is 2. The molecule has 1 aromatic heterocycles. The Morgan fingerprint density at radius 2 is 1.38 bits per heavy atom. The van der Waals surface area contributed by atoms with Gasteiger partial charge in [-0.3, -0.25) is 9.59 Å². The first kappa shape index (κ1) is 44.9. The third kappa shape index (κ3) is 16.1. The highest BCUT2D eigenvalue weighted by atomic mass is 32.1. The van der Waals surface area contributed by atoms with Crippen LogP contribution in [-0.4, -0.2) is 94.2 Å². The number of phenolic OH excluding ortho intramolecular Hbond substituents is 1. The average molecular weight is 789 g/mol. The lowest BCUT2D eigenvalue weighted by Crippen LogP contribution is -2.45. The Hall–Kier alpha value is -4.30. The van der Waals surface area contributed by atoms with Crippen LogP contribution in [0.5, 0.6) is 5.75 Å². The van der Waals surface area contributed by atoms with Gasteiger partial charge in [0.15, 0.2) is 11.6 Å². The maximum Gasteiger partial charge on any atom is 0.490 e. The van der Waals surface area contributed by atoms with Gasteiger partial charge in [0.05, 0.1) is 4.70 Å². The van der Waals surface area contributed by atoms with Crippen LogP contribution in [0.2, 0.25) is 0 Å². The van der Waals surface area contributed by atoms with E-state index in [2.05, 4.69) is 15.6 Å². The van der Waals surface area contributed by atoms with E-state index in [1.807, 2.05) is 11.0 Å². The quantitative estimate of drug-likeness (QED) is 0.0718. The maximum absolute atomic E-state index is 13.4. The summed E-state index contributed by atoms with van der Waals surface area (Å²) < 4.78 is 90.8. The molecule has 1 heterocycles. The molecule has 0 radical (unpaired) electrons. The lowest BCUT2D eigenvalue weighted by atomic mass is 10.1. The van der Waals surface area contributed by atoms with Crippen LogP contribution in [0, 0.1) is 11.6 Å². The zero-order valence-electron chi connectivity index (χ0n) is 28.2. The number of benzene rings is 2. The van der Waals surface area contributed by atoms with Crippen molar-refractivity contribution < 1.29 is 64.8 Å². The van der Waals surface area contributed by atoms with Gasteiger partial charge in [0, 0.05) is 32.1 Å². The van der Waals surface area contributed by atoms with E-state index in [1.54, 1.807) is 12.1 Å². The minimum absolute atomic E-state index is 0.0801. The number of thiazole rings is 1. The number of hydrogen-bond acceptors (Lipinski definition) is 8. The van der Waals surface area contributed by atoms with Gasteiger partial charge in [0.2, 0.25) is 5.91 Å². The summed E-state index contributed by atoms with van der Waals surface area (Å²) in [6.07, 6.45) is -1.70. The Bertz CT molecular complexity index is 1670. The number of hydrogen-bond donors (Lipinski definition) is 6. The Morgan fingerprint density at radius 3 is 1.94 bits per heavy atom. The fourth-order valence-corrected chi connectivity index (χ4v) is 6.19. The molecule has 53 heavy (non-hydrogen) atoms. The molecule has 1 aliphatic rings. The molecule has 1 fully saturated rings. The number of nitrogens with zero attached hydrogens (tertiary/aromatic N) is 1. The Kier molecular flexibility index (Phi) is 18.1. The first-order chi connectivity index (χ1) is 24.8. The van der Waals surface area contributed by atoms with Crippen LogP contribution in [-0.2, 0) is 27.2 Å². The molecule has 1 saturated carbocycles. The number of carbonyl (C=O) groups is 3. The van der Waals surface area contributed by atoms with Gasteiger partial charge >= 0.3 is 29.2 Å². The van der Waals surface area contributed by atoms with Crippen LogP contribution in [0.3, 0.4) is 0 Å². The van der Waals surface area contributed by atoms with Gasteiger partial charge in [0.25, 0.3) is 0 Å². The Balaban J connectivity index is 0.000000587. The molecule has 0 bridgehead atoms. The van der Waals surface area contributed by atoms with E-state index in [1.165, 1.54) is 18.9 Å². The van der Waals surface area contributed by atoms with Gasteiger partial charge < -0.3 is 35.8 Å². The second-order valence-electron chi connectivity index (χ2n) is 11.8. The van der Waals surface area contributed by atoms with Gasteiger partial charge in [-0.1, -0.05) is 49.2 Å². The van der Waals surface area contributed by atoms with Crippen molar-refractivity contribution >= 4 is 39.4 Å². The second kappa shape index (κ2) is 21.4. The van der Waals surface area contributed by atoms with Crippen molar-refractivity contribution in [2.45, 2.75) is 76.2 Å². The second-order valence-corrected chi connectivity index (χ2v) is 12.8. The van der Waals surface area contributed by atoms with Crippen LogP contribution < -0.4 is 15.5 Å². The van der Waals surface area contributed by atoms with Gasteiger partial charge in [-0.05, 0) is 68.1 Å². The lowest BCUT2D eigenvalue weighted by Gasteiger charge is -2.32. The third-order valence-corrected chi connectivity index (χ3v) is 8.86. The third-order valence-electron chi connectivity index (χ3n) is 7.90. The molecule has 0 aliphatic heterocycles. The summed E-state index contributed by atoms with van der Waals surface area (Å²) >= 11 is 1.11. The summed E-state index contributed by atoms with van der Waals surface area (Å²) in [4.78, 5) is 47.3. The van der Waals surface area contributed by atoms with Gasteiger partial charge in [-0.25, -0.2) is 18.4 Å². The Labute approximate surface area is 302 Å². The summed E-state index contributed by atoms with van der Waals surface area (Å²) in [6.45, 7) is 3.14. The summed E-state index contributed by atoms with van der Waals surface area (Å²) in [5.74, 6) is -6.98. The van der Waals surface area contributed by atoms with Crippen molar-refractivity contribution in [1.29, 1.82) is 0 Å². The number of H-pyrrole nitrogens is 1. The topological polar surface area (TPSA) is 172 Å². The molecule has 11 nitrogen and oxygen atoms in total. The highest BCUT2D eigenvalue weighted by Crippen LogP contribution is 2.28. The molecule has 2 aromatic carbocycles. The highest BCUT2D eigenvalue weighted by molar-refractivity contribution is 7.16. The number of aliphatic carboxylic acids is 2. The molecular weight excluding hydrogens is 748 g/mol. The first-order valence-electron chi connectivity index (χ1n) is 16.4. The smallest absolute Gasteiger partial charge is 0.490 e. The normalized spacial score (nSPS) is 13.7. The number of rotatable bonds is 13. The zero-order chi connectivity index (χ0) is 39.8. The fourth-order valence-electron chi connectivity index (χ4n) is 5.29. The number of fused-ring (bicyclic) bond motifs is 1. The molecule has 1 aliphatic carbocycles. The molecular formula is C33H40F8N4O7S. The predicted molar refractivity (Wildman–Crippen MR) is 179 cm³/mol. The lowest BCUT2D eigenvalue weighted by molar-refractivity contribution is -0.193. The number of carbonyl (C=O) groups excluding carboxylic acids is 1. The van der Waals surface area contributed by atoms with Crippen LogP contribution in [0.1, 0.15) is 56.1 Å². The molecule has 4 rings (SSSR count). The van der Waals surface area contributed by atoms with E-state index >= 15 is 0 Å². The largest absolute Gasteiger partial charge is 0.506 e. The van der Waals surface area contributed by atoms with E-state index in [0.29, 0.717) is 57.5 Å². The SMILES string of the molecule is O=C(CCNCCc1ccc(F)c(F)c1)N(CCNCCc1ccc(O)c2[nH]c(=O)sc12)C1CCCCCC1.O=C(O)C(F)(F)F.O=C(O)C(F)(F)F. The van der Waals surface area contributed by atoms with Crippen molar-refractivity contribution in [1.82, 2.24) is 20.5 Å². The van der Waals surface area contributed by atoms with E-state index in [9.17, 15) is 49.8 Å². The van der Waals surface area contributed by atoms with Crippen LogP contribution >= 0.6 is 11.3 Å². The Morgan fingerprint density at radius 1 is 0.811 bits per heavy atom. The van der Waals surface area contributed by atoms with Gasteiger partial charge in [-0.15, -0.1) is 0 Å². The molecule has 6 N–H and O–H groups in total. The van der Waals surface area contributed by atoms with Gasteiger partial charge in [-0.2, -0.15) is 26.3 Å². The summed E-state index contributed by atoms with van der Waals surface area (Å²) in [6, 6.07) is 7.66. The standard InChI is InChI=1S/C29H38F2N4O3S.2C2HF3O2/c30-23-9-7-20(19-24(23)31)11-14-32-16-13-26(37)35(22-5-3-1-2-4-6-22)18-17-33-15-12-21-8-10-25(36)27-28(21)39-29(38)34-27;2*3-2(4,5)1(6)7/h7-10,19,22,32-33,36H,1-6,11-18H2,(H,34,38);2*(H,6,7). The van der Waals surface area contributed by atoms with Gasteiger partial charge in [0.1, 0.15) is 11.3 Å². The number of aromatic nitrogens is 1. The number of aromatic amines is 1. The molecule has 0 saturated heterocycles. The minimum atomic E-state index is -5.08. The molecule has 0 spiro atoms. The fraction of sp³-hybridized carbons (Fsp3) is 0.515. The van der Waals surface area contributed by atoms with Crippen molar-refractivity contribution in [3.63, 3.8) is 0 Å². The van der Waals surface area contributed by atoms with E-state index in [0.717, 1.165) is 58.9 Å². The number of halogens is 8. The molecule has 0 unspecified atom stereocenters. The monoisotopic (exact) mass is 788 g/mol. The molecule has 3 aromatic rings.